The second kappa shape index (κ2) is 8.09. The molecule has 6 nitrogen and oxygen atoms in total. The van der Waals surface area contributed by atoms with Crippen LogP contribution in [0.1, 0.15) is 13.3 Å². The van der Waals surface area contributed by atoms with Gasteiger partial charge in [0.2, 0.25) is 5.91 Å². The topological polar surface area (TPSA) is 70.7 Å². The molecule has 2 amide bonds. The second-order valence-corrected chi connectivity index (χ2v) is 5.64. The number of rotatable bonds is 6. The molecule has 0 bridgehead atoms. The van der Waals surface area contributed by atoms with Gasteiger partial charge < -0.3 is 20.3 Å². The van der Waals surface area contributed by atoms with Gasteiger partial charge in [0.05, 0.1) is 18.8 Å². The molecule has 1 atom stereocenters. The minimum atomic E-state index is -4.47. The van der Waals surface area contributed by atoms with Gasteiger partial charge in [-0.1, -0.05) is 19.1 Å². The van der Waals surface area contributed by atoms with Gasteiger partial charge in [0.15, 0.2) is 6.10 Å². The zero-order valence-corrected chi connectivity index (χ0v) is 13.7. The number of carbonyl (C=O) groups excluding carboxylic acids is 2. The number of alkyl halides is 3. The van der Waals surface area contributed by atoms with E-state index in [0.29, 0.717) is 18.0 Å². The summed E-state index contributed by atoms with van der Waals surface area (Å²) in [5, 5.41) is 4.54. The number of para-hydroxylation sites is 2. The van der Waals surface area contributed by atoms with E-state index in [4.69, 9.17) is 4.74 Å². The number of benzene rings is 1. The predicted molar refractivity (Wildman–Crippen MR) is 85.4 cm³/mol. The summed E-state index contributed by atoms with van der Waals surface area (Å²) in [4.78, 5) is 25.5. The van der Waals surface area contributed by atoms with Crippen LogP contribution in [0.15, 0.2) is 24.3 Å². The van der Waals surface area contributed by atoms with Crippen molar-refractivity contribution in [2.24, 2.45) is 0 Å². The lowest BCUT2D eigenvalue weighted by atomic mass is 10.1. The van der Waals surface area contributed by atoms with Crippen LogP contribution in [0.3, 0.4) is 0 Å². The van der Waals surface area contributed by atoms with Gasteiger partial charge in [-0.05, 0) is 18.6 Å². The molecule has 0 aliphatic carbocycles. The fourth-order valence-corrected chi connectivity index (χ4v) is 2.38. The van der Waals surface area contributed by atoms with Crippen molar-refractivity contribution in [1.82, 2.24) is 10.6 Å². The average Bonchev–Trinajstić information content (AvgIpc) is 2.57. The molecule has 1 aliphatic rings. The molecular weight excluding hydrogens is 339 g/mol. The van der Waals surface area contributed by atoms with Gasteiger partial charge in [0, 0.05) is 6.54 Å². The summed E-state index contributed by atoms with van der Waals surface area (Å²) < 4.78 is 42.3. The number of halogens is 3. The van der Waals surface area contributed by atoms with Crippen LogP contribution >= 0.6 is 0 Å². The van der Waals surface area contributed by atoms with Gasteiger partial charge in [0.25, 0.3) is 5.91 Å². The first-order valence-electron chi connectivity index (χ1n) is 7.92. The first-order chi connectivity index (χ1) is 11.8. The van der Waals surface area contributed by atoms with Crippen molar-refractivity contribution >= 4 is 17.5 Å². The number of nitrogens with zero attached hydrogens (tertiary/aromatic N) is 1. The SMILES string of the molecule is CCCNC(=O)[C@H]1CN(CC(=O)NCC(F)(F)F)c2ccccc2O1. The first kappa shape index (κ1) is 18.9. The molecule has 0 fully saturated rings. The summed E-state index contributed by atoms with van der Waals surface area (Å²) in [6, 6.07) is 6.77. The molecule has 0 saturated carbocycles. The summed E-state index contributed by atoms with van der Waals surface area (Å²) in [6.45, 7) is 0.791. The van der Waals surface area contributed by atoms with Crippen molar-refractivity contribution in [3.05, 3.63) is 24.3 Å². The third kappa shape index (κ3) is 5.54. The van der Waals surface area contributed by atoms with E-state index < -0.39 is 24.7 Å². The van der Waals surface area contributed by atoms with E-state index in [0.717, 1.165) is 6.42 Å². The number of hydrogen-bond acceptors (Lipinski definition) is 4. The lowest BCUT2D eigenvalue weighted by Gasteiger charge is -2.35. The number of ether oxygens (including phenoxy) is 1. The largest absolute Gasteiger partial charge is 0.477 e. The Bertz CT molecular complexity index is 622. The molecule has 1 aliphatic heterocycles. The first-order valence-corrected chi connectivity index (χ1v) is 7.92. The van der Waals surface area contributed by atoms with E-state index in [1.165, 1.54) is 0 Å². The lowest BCUT2D eigenvalue weighted by molar-refractivity contribution is -0.137. The Labute approximate surface area is 143 Å². The molecule has 25 heavy (non-hydrogen) atoms. The van der Waals surface area contributed by atoms with Crippen molar-refractivity contribution in [1.29, 1.82) is 0 Å². The van der Waals surface area contributed by atoms with Crippen LogP contribution in [-0.2, 0) is 9.59 Å². The Balaban J connectivity index is 2.07. The van der Waals surface area contributed by atoms with E-state index in [-0.39, 0.29) is 19.0 Å². The number of nitrogens with one attached hydrogen (secondary N) is 2. The summed E-state index contributed by atoms with van der Waals surface area (Å²) in [7, 11) is 0. The Morgan fingerprint density at radius 3 is 2.68 bits per heavy atom. The number of carbonyl (C=O) groups is 2. The maximum absolute atomic E-state index is 12.2. The number of fused-ring (bicyclic) bond motifs is 1. The standard InChI is InChI=1S/C16H20F3N3O3/c1-2-7-20-15(24)13-8-22(9-14(23)21-10-16(17,18)19)11-5-3-4-6-12(11)25-13/h3-6,13H,2,7-10H2,1H3,(H,20,24)(H,21,23)/t13-/m1/s1. The monoisotopic (exact) mass is 359 g/mol. The van der Waals surface area contributed by atoms with Crippen molar-refractivity contribution in [3.63, 3.8) is 0 Å². The van der Waals surface area contributed by atoms with Gasteiger partial charge in [0.1, 0.15) is 12.3 Å². The molecule has 0 unspecified atom stereocenters. The van der Waals surface area contributed by atoms with Crippen molar-refractivity contribution < 1.29 is 27.5 Å². The van der Waals surface area contributed by atoms with E-state index in [2.05, 4.69) is 5.32 Å². The minimum absolute atomic E-state index is 0.0754. The van der Waals surface area contributed by atoms with Crippen LogP contribution < -0.4 is 20.3 Å². The number of hydrogen-bond donors (Lipinski definition) is 2. The summed E-state index contributed by atoms with van der Waals surface area (Å²) >= 11 is 0. The molecule has 0 aromatic heterocycles. The summed E-state index contributed by atoms with van der Waals surface area (Å²) in [5.74, 6) is -0.687. The molecule has 2 N–H and O–H groups in total. The highest BCUT2D eigenvalue weighted by Gasteiger charge is 2.32. The summed E-state index contributed by atoms with van der Waals surface area (Å²) in [6.07, 6.45) is -4.54. The predicted octanol–water partition coefficient (Wildman–Crippen LogP) is 1.46. The van der Waals surface area contributed by atoms with E-state index in [9.17, 15) is 22.8 Å². The van der Waals surface area contributed by atoms with Gasteiger partial charge in [-0.2, -0.15) is 13.2 Å². The van der Waals surface area contributed by atoms with E-state index in [1.807, 2.05) is 12.2 Å². The Morgan fingerprint density at radius 1 is 1.28 bits per heavy atom. The maximum atomic E-state index is 12.2. The number of amides is 2. The van der Waals surface area contributed by atoms with Crippen LogP contribution in [0.2, 0.25) is 0 Å². The van der Waals surface area contributed by atoms with Crippen LogP contribution in [-0.4, -0.2) is 50.3 Å². The molecule has 0 saturated heterocycles. The highest BCUT2D eigenvalue weighted by molar-refractivity contribution is 5.86. The van der Waals surface area contributed by atoms with Gasteiger partial charge in [-0.15, -0.1) is 0 Å². The molecular formula is C16H20F3N3O3. The molecule has 1 heterocycles. The molecule has 0 spiro atoms. The van der Waals surface area contributed by atoms with Crippen molar-refractivity contribution in [2.45, 2.75) is 25.6 Å². The van der Waals surface area contributed by atoms with Crippen LogP contribution in [0.25, 0.3) is 0 Å². The van der Waals surface area contributed by atoms with Crippen molar-refractivity contribution in [2.75, 3.05) is 31.1 Å². The normalized spacial score (nSPS) is 16.6. The van der Waals surface area contributed by atoms with Gasteiger partial charge in [-0.3, -0.25) is 9.59 Å². The third-order valence-corrected chi connectivity index (χ3v) is 3.52. The van der Waals surface area contributed by atoms with Crippen LogP contribution in [0, 0.1) is 0 Å². The fourth-order valence-electron chi connectivity index (χ4n) is 2.38. The molecule has 1 aromatic carbocycles. The Kier molecular flexibility index (Phi) is 6.11. The van der Waals surface area contributed by atoms with Gasteiger partial charge in [-0.25, -0.2) is 0 Å². The molecule has 1 aromatic rings. The zero-order chi connectivity index (χ0) is 18.4. The van der Waals surface area contributed by atoms with Crippen molar-refractivity contribution in [3.8, 4) is 5.75 Å². The third-order valence-electron chi connectivity index (χ3n) is 3.52. The summed E-state index contributed by atoms with van der Waals surface area (Å²) in [5.41, 5.74) is 0.559. The smallest absolute Gasteiger partial charge is 0.405 e. The average molecular weight is 359 g/mol. The molecule has 2 rings (SSSR count). The van der Waals surface area contributed by atoms with E-state index in [1.54, 1.807) is 29.2 Å². The van der Waals surface area contributed by atoms with E-state index >= 15 is 0 Å². The van der Waals surface area contributed by atoms with Crippen LogP contribution in [0.4, 0.5) is 18.9 Å². The zero-order valence-electron chi connectivity index (χ0n) is 13.7. The van der Waals surface area contributed by atoms with Crippen LogP contribution in [0.5, 0.6) is 5.75 Å². The molecule has 9 heteroatoms. The highest BCUT2D eigenvalue weighted by Crippen LogP contribution is 2.32. The van der Waals surface area contributed by atoms with Gasteiger partial charge >= 0.3 is 6.18 Å². The molecule has 138 valence electrons. The lowest BCUT2D eigenvalue weighted by Crippen LogP contribution is -2.51. The Hall–Kier alpha value is -2.45. The Morgan fingerprint density at radius 2 is 2.00 bits per heavy atom. The number of anilines is 1. The minimum Gasteiger partial charge on any atom is -0.477 e. The second-order valence-electron chi connectivity index (χ2n) is 5.64. The molecule has 0 radical (unpaired) electrons. The maximum Gasteiger partial charge on any atom is 0.405 e. The fraction of sp³-hybridized carbons (Fsp3) is 0.500. The quantitative estimate of drug-likeness (QED) is 0.807. The highest BCUT2D eigenvalue weighted by atomic mass is 19.4.